The maximum atomic E-state index is 11.8. The van der Waals surface area contributed by atoms with E-state index in [0.717, 1.165) is 28.0 Å². The SMILES string of the molecule is CNC(=O)c1cc(Oc2ccc3c(c2)nc(Nc2cccc(-c4ccn(C)n4)c2)n3C)ccn1.[HH].[HH]. The third-order valence-electron chi connectivity index (χ3n) is 5.41. The van der Waals surface area contributed by atoms with Crippen LogP contribution in [0.25, 0.3) is 22.3 Å². The molecule has 0 aliphatic carbocycles. The lowest BCUT2D eigenvalue weighted by atomic mass is 10.1. The zero-order valence-corrected chi connectivity index (χ0v) is 19.0. The normalized spacial score (nSPS) is 10.9. The number of hydrogen-bond acceptors (Lipinski definition) is 6. The van der Waals surface area contributed by atoms with Crippen LogP contribution in [0, 0.1) is 0 Å². The summed E-state index contributed by atoms with van der Waals surface area (Å²) >= 11 is 0. The van der Waals surface area contributed by atoms with Gasteiger partial charge in [-0.25, -0.2) is 4.98 Å². The summed E-state index contributed by atoms with van der Waals surface area (Å²) in [5.41, 5.74) is 4.87. The smallest absolute Gasteiger partial charge is 0.269 e. The lowest BCUT2D eigenvalue weighted by molar-refractivity contribution is 0.0958. The van der Waals surface area contributed by atoms with Crippen LogP contribution in [0.3, 0.4) is 0 Å². The fourth-order valence-electron chi connectivity index (χ4n) is 3.67. The zero-order valence-electron chi connectivity index (χ0n) is 19.0. The molecule has 1 amide bonds. The number of aryl methyl sites for hydroxylation is 2. The number of fused-ring (bicyclic) bond motifs is 1. The Morgan fingerprint density at radius 1 is 1.03 bits per heavy atom. The summed E-state index contributed by atoms with van der Waals surface area (Å²) in [7, 11) is 5.42. The van der Waals surface area contributed by atoms with Crippen LogP contribution in [0.2, 0.25) is 0 Å². The molecule has 5 rings (SSSR count). The second kappa shape index (κ2) is 8.70. The highest BCUT2D eigenvalue weighted by atomic mass is 16.5. The van der Waals surface area contributed by atoms with Crippen LogP contribution in [0.5, 0.6) is 11.5 Å². The predicted molar refractivity (Wildman–Crippen MR) is 135 cm³/mol. The van der Waals surface area contributed by atoms with Crippen molar-refractivity contribution < 1.29 is 12.4 Å². The number of amides is 1. The van der Waals surface area contributed by atoms with Gasteiger partial charge in [-0.2, -0.15) is 5.10 Å². The van der Waals surface area contributed by atoms with E-state index in [0.29, 0.717) is 23.1 Å². The fourth-order valence-corrected chi connectivity index (χ4v) is 3.67. The second-order valence-electron chi connectivity index (χ2n) is 7.78. The summed E-state index contributed by atoms with van der Waals surface area (Å²) in [6, 6.07) is 19.0. The number of nitrogens with zero attached hydrogens (tertiary/aromatic N) is 5. The molecule has 0 aliphatic heterocycles. The molecule has 3 aromatic heterocycles. The van der Waals surface area contributed by atoms with Gasteiger partial charge in [0.05, 0.1) is 16.7 Å². The molecule has 0 unspecified atom stereocenters. The molecule has 0 atom stereocenters. The van der Waals surface area contributed by atoms with Gasteiger partial charge in [0.25, 0.3) is 5.91 Å². The Hall–Kier alpha value is -4.66. The van der Waals surface area contributed by atoms with E-state index in [1.54, 1.807) is 30.1 Å². The zero-order chi connectivity index (χ0) is 23.7. The number of imidazole rings is 1. The summed E-state index contributed by atoms with van der Waals surface area (Å²) < 4.78 is 9.73. The summed E-state index contributed by atoms with van der Waals surface area (Å²) in [6.45, 7) is 0. The molecular formula is C25H27N7O2. The lowest BCUT2D eigenvalue weighted by Gasteiger charge is -2.08. The molecule has 0 spiro atoms. The van der Waals surface area contributed by atoms with Gasteiger partial charge in [0.1, 0.15) is 17.2 Å². The number of ether oxygens (including phenoxy) is 1. The standard InChI is InChI=1S/C25H23N7O2.2H2/c1-26-24(33)22-15-19(9-11-27-22)34-18-7-8-23-21(14-18)29-25(32(23)3)28-17-6-4-5-16(13-17)20-10-12-31(2)30-20;;/h4-15H,1-3H3,(H,26,33)(H,28,29);2*1H. The van der Waals surface area contributed by atoms with E-state index in [1.165, 1.54) is 0 Å². The number of nitrogens with one attached hydrogen (secondary N) is 2. The van der Waals surface area contributed by atoms with Crippen LogP contribution in [0.1, 0.15) is 13.3 Å². The number of hydrogen-bond donors (Lipinski definition) is 2. The average molecular weight is 458 g/mol. The molecule has 3 heterocycles. The number of carbonyl (C=O) groups excluding carboxylic acids is 1. The topological polar surface area (TPSA) is 98.9 Å². The van der Waals surface area contributed by atoms with Gasteiger partial charge in [0.2, 0.25) is 5.95 Å². The van der Waals surface area contributed by atoms with Gasteiger partial charge in [0.15, 0.2) is 0 Å². The van der Waals surface area contributed by atoms with Gasteiger partial charge >= 0.3 is 0 Å². The number of rotatable bonds is 6. The average Bonchev–Trinajstić information content (AvgIpc) is 3.42. The molecule has 0 radical (unpaired) electrons. The minimum Gasteiger partial charge on any atom is -0.457 e. The molecule has 5 aromatic rings. The van der Waals surface area contributed by atoms with Crippen molar-refractivity contribution in [2.24, 2.45) is 14.1 Å². The van der Waals surface area contributed by atoms with Gasteiger partial charge < -0.3 is 19.9 Å². The molecule has 9 heteroatoms. The van der Waals surface area contributed by atoms with Gasteiger partial charge in [-0.3, -0.25) is 14.5 Å². The number of carbonyl (C=O) groups is 1. The third-order valence-corrected chi connectivity index (χ3v) is 5.41. The Kier molecular flexibility index (Phi) is 5.43. The Bertz CT molecular complexity index is 1510. The van der Waals surface area contributed by atoms with Crippen molar-refractivity contribution in [3.8, 4) is 22.8 Å². The van der Waals surface area contributed by atoms with E-state index in [9.17, 15) is 4.79 Å². The van der Waals surface area contributed by atoms with E-state index < -0.39 is 0 Å². The van der Waals surface area contributed by atoms with Gasteiger partial charge in [-0.05, 0) is 36.4 Å². The molecule has 0 saturated heterocycles. The van der Waals surface area contributed by atoms with Crippen LogP contribution in [0.15, 0.2) is 73.1 Å². The van der Waals surface area contributed by atoms with Crippen molar-refractivity contribution in [1.29, 1.82) is 0 Å². The number of pyridine rings is 1. The molecule has 9 nitrogen and oxygen atoms in total. The van der Waals surface area contributed by atoms with E-state index in [-0.39, 0.29) is 8.76 Å². The Morgan fingerprint density at radius 3 is 2.68 bits per heavy atom. The maximum Gasteiger partial charge on any atom is 0.269 e. The minimum atomic E-state index is -0.270. The summed E-state index contributed by atoms with van der Waals surface area (Å²) in [5, 5.41) is 10.4. The maximum absolute atomic E-state index is 11.8. The van der Waals surface area contributed by atoms with Crippen LogP contribution < -0.4 is 15.4 Å². The fraction of sp³-hybridized carbons (Fsp3) is 0.120. The first-order valence-corrected chi connectivity index (χ1v) is 10.7. The molecule has 0 saturated carbocycles. The first kappa shape index (κ1) is 21.2. The van der Waals surface area contributed by atoms with Crippen molar-refractivity contribution in [3.05, 3.63) is 78.8 Å². The molecule has 174 valence electrons. The van der Waals surface area contributed by atoms with Crippen LogP contribution in [-0.4, -0.2) is 37.3 Å². The van der Waals surface area contributed by atoms with Crippen LogP contribution in [0.4, 0.5) is 11.6 Å². The molecule has 0 bridgehead atoms. The molecule has 2 N–H and O–H groups in total. The minimum absolute atomic E-state index is 0. The number of aromatic nitrogens is 5. The monoisotopic (exact) mass is 457 g/mol. The van der Waals surface area contributed by atoms with Crippen LogP contribution in [-0.2, 0) is 14.1 Å². The highest BCUT2D eigenvalue weighted by Crippen LogP contribution is 2.29. The number of benzene rings is 2. The van der Waals surface area contributed by atoms with Crippen molar-refractivity contribution >= 4 is 28.6 Å². The molecule has 0 fully saturated rings. The summed E-state index contributed by atoms with van der Waals surface area (Å²) in [4.78, 5) is 20.6. The van der Waals surface area contributed by atoms with Crippen molar-refractivity contribution in [3.63, 3.8) is 0 Å². The van der Waals surface area contributed by atoms with E-state index in [2.05, 4.69) is 20.7 Å². The van der Waals surface area contributed by atoms with E-state index in [4.69, 9.17) is 9.72 Å². The van der Waals surface area contributed by atoms with Crippen molar-refractivity contribution in [2.45, 2.75) is 0 Å². The lowest BCUT2D eigenvalue weighted by Crippen LogP contribution is -2.18. The highest BCUT2D eigenvalue weighted by molar-refractivity contribution is 5.92. The molecular weight excluding hydrogens is 430 g/mol. The first-order valence-electron chi connectivity index (χ1n) is 10.7. The third kappa shape index (κ3) is 4.18. The van der Waals surface area contributed by atoms with Gasteiger partial charge in [-0.1, -0.05) is 12.1 Å². The van der Waals surface area contributed by atoms with E-state index in [1.807, 2.05) is 73.4 Å². The first-order chi connectivity index (χ1) is 16.5. The van der Waals surface area contributed by atoms with Gasteiger partial charge in [-0.15, -0.1) is 0 Å². The van der Waals surface area contributed by atoms with E-state index >= 15 is 0 Å². The predicted octanol–water partition coefficient (Wildman–Crippen LogP) is 4.76. The van der Waals surface area contributed by atoms with Crippen molar-refractivity contribution in [2.75, 3.05) is 12.4 Å². The second-order valence-corrected chi connectivity index (χ2v) is 7.78. The summed E-state index contributed by atoms with van der Waals surface area (Å²) in [5.74, 6) is 1.57. The molecule has 0 aliphatic rings. The van der Waals surface area contributed by atoms with Crippen molar-refractivity contribution in [1.82, 2.24) is 29.6 Å². The quantitative estimate of drug-likeness (QED) is 0.382. The van der Waals surface area contributed by atoms with Gasteiger partial charge in [0, 0.05) is 59.8 Å². The Labute approximate surface area is 199 Å². The largest absolute Gasteiger partial charge is 0.457 e. The van der Waals surface area contributed by atoms with Crippen LogP contribution >= 0.6 is 0 Å². The molecule has 34 heavy (non-hydrogen) atoms. The Balaban J connectivity index is 0.00000180. The highest BCUT2D eigenvalue weighted by Gasteiger charge is 2.12. The number of anilines is 2. The Morgan fingerprint density at radius 2 is 1.88 bits per heavy atom. The molecule has 2 aromatic carbocycles. The summed E-state index contributed by atoms with van der Waals surface area (Å²) in [6.07, 6.45) is 3.46.